The van der Waals surface area contributed by atoms with Gasteiger partial charge in [0.15, 0.2) is 11.5 Å². The summed E-state index contributed by atoms with van der Waals surface area (Å²) in [5.41, 5.74) is 4.02. The van der Waals surface area contributed by atoms with Crippen molar-refractivity contribution in [2.45, 2.75) is 6.42 Å². The lowest BCUT2D eigenvalue weighted by atomic mass is 10.1. The third-order valence-electron chi connectivity index (χ3n) is 3.16. The summed E-state index contributed by atoms with van der Waals surface area (Å²) < 4.78 is 11.5. The van der Waals surface area contributed by atoms with Gasteiger partial charge in [0.05, 0.1) is 17.7 Å². The van der Waals surface area contributed by atoms with Gasteiger partial charge in [0.25, 0.3) is 0 Å². The lowest BCUT2D eigenvalue weighted by Gasteiger charge is -2.02. The van der Waals surface area contributed by atoms with Crippen LogP contribution in [0.1, 0.15) is 11.1 Å². The molecule has 2 aromatic carbocycles. The average molecular weight is 396 g/mol. The fourth-order valence-corrected chi connectivity index (χ4v) is 2.50. The van der Waals surface area contributed by atoms with Gasteiger partial charge in [-0.3, -0.25) is 4.79 Å². The van der Waals surface area contributed by atoms with Gasteiger partial charge in [-0.15, -0.1) is 0 Å². The monoisotopic (exact) mass is 394 g/mol. The van der Waals surface area contributed by atoms with Crippen molar-refractivity contribution in [2.75, 3.05) is 6.79 Å². The van der Waals surface area contributed by atoms with E-state index in [0.717, 1.165) is 10.0 Å². The Labute approximate surface area is 146 Å². The van der Waals surface area contributed by atoms with Gasteiger partial charge >= 0.3 is 0 Å². The first-order valence-electron chi connectivity index (χ1n) is 6.77. The van der Waals surface area contributed by atoms with Crippen LogP contribution < -0.4 is 14.9 Å². The number of halogens is 2. The second-order valence-electron chi connectivity index (χ2n) is 4.82. The zero-order chi connectivity index (χ0) is 16.2. The molecule has 0 bridgehead atoms. The van der Waals surface area contributed by atoms with Gasteiger partial charge in [-0.2, -0.15) is 5.10 Å². The van der Waals surface area contributed by atoms with E-state index in [1.165, 1.54) is 6.21 Å². The highest BCUT2D eigenvalue weighted by Crippen LogP contribution is 2.36. The first-order chi connectivity index (χ1) is 11.1. The molecule has 0 unspecified atom stereocenters. The number of fused-ring (bicyclic) bond motifs is 1. The number of carbonyl (C=O) groups is 1. The summed E-state index contributed by atoms with van der Waals surface area (Å²) in [6.45, 7) is 0.177. The molecule has 23 heavy (non-hydrogen) atoms. The molecule has 0 saturated carbocycles. The van der Waals surface area contributed by atoms with Crippen LogP contribution in [-0.2, 0) is 11.2 Å². The largest absolute Gasteiger partial charge is 0.454 e. The molecule has 0 saturated heterocycles. The lowest BCUT2D eigenvalue weighted by molar-refractivity contribution is -0.120. The second kappa shape index (κ2) is 7.02. The van der Waals surface area contributed by atoms with Gasteiger partial charge in [-0.05, 0) is 23.8 Å². The standard InChI is InChI=1S/C16H12BrClN2O3/c17-12-3-1-10(2-4-12)5-16(21)20-19-8-11-6-14-15(7-13(11)18)23-9-22-14/h1-4,6-8H,5,9H2,(H,20,21)/b19-8-. The van der Waals surface area contributed by atoms with E-state index in [1.54, 1.807) is 12.1 Å². The number of rotatable bonds is 4. The van der Waals surface area contributed by atoms with E-state index in [-0.39, 0.29) is 19.1 Å². The van der Waals surface area contributed by atoms with Crippen molar-refractivity contribution in [1.29, 1.82) is 0 Å². The third-order valence-corrected chi connectivity index (χ3v) is 4.02. The molecular weight excluding hydrogens is 384 g/mol. The van der Waals surface area contributed by atoms with Crippen LogP contribution in [0.3, 0.4) is 0 Å². The van der Waals surface area contributed by atoms with E-state index in [9.17, 15) is 4.79 Å². The first kappa shape index (κ1) is 15.8. The predicted octanol–water partition coefficient (Wildman–Crippen LogP) is 3.52. The fraction of sp³-hybridized carbons (Fsp3) is 0.125. The minimum atomic E-state index is -0.208. The van der Waals surface area contributed by atoms with Crippen LogP contribution in [0.2, 0.25) is 5.02 Å². The molecule has 2 aromatic rings. The molecule has 5 nitrogen and oxygen atoms in total. The molecular formula is C16H12BrClN2O3. The van der Waals surface area contributed by atoms with Crippen LogP contribution in [0.5, 0.6) is 11.5 Å². The summed E-state index contributed by atoms with van der Waals surface area (Å²) in [7, 11) is 0. The summed E-state index contributed by atoms with van der Waals surface area (Å²) in [4.78, 5) is 11.8. The van der Waals surface area contributed by atoms with Crippen LogP contribution in [0.4, 0.5) is 0 Å². The molecule has 0 aromatic heterocycles. The summed E-state index contributed by atoms with van der Waals surface area (Å²) in [5.74, 6) is 1.00. The van der Waals surface area contributed by atoms with Gasteiger partial charge in [-0.1, -0.05) is 39.7 Å². The SMILES string of the molecule is O=C(Cc1ccc(Br)cc1)N/N=C\c1cc2c(cc1Cl)OCO2. The lowest BCUT2D eigenvalue weighted by Crippen LogP contribution is -2.19. The second-order valence-corrected chi connectivity index (χ2v) is 6.15. The molecule has 118 valence electrons. The third kappa shape index (κ3) is 4.03. The topological polar surface area (TPSA) is 59.9 Å². The maximum atomic E-state index is 11.8. The number of hydrogen-bond donors (Lipinski definition) is 1. The number of nitrogens with zero attached hydrogens (tertiary/aromatic N) is 1. The van der Waals surface area contributed by atoms with E-state index < -0.39 is 0 Å². The number of carbonyl (C=O) groups excluding carboxylic acids is 1. The maximum Gasteiger partial charge on any atom is 0.244 e. The number of benzene rings is 2. The van der Waals surface area contributed by atoms with Crippen LogP contribution in [0.25, 0.3) is 0 Å². The number of nitrogens with one attached hydrogen (secondary N) is 1. The van der Waals surface area contributed by atoms with Gasteiger partial charge < -0.3 is 9.47 Å². The van der Waals surface area contributed by atoms with Crippen LogP contribution >= 0.6 is 27.5 Å². The maximum absolute atomic E-state index is 11.8. The first-order valence-corrected chi connectivity index (χ1v) is 7.94. The fourth-order valence-electron chi connectivity index (χ4n) is 2.03. The van der Waals surface area contributed by atoms with Crippen LogP contribution in [0.15, 0.2) is 46.0 Å². The zero-order valence-corrected chi connectivity index (χ0v) is 14.2. The van der Waals surface area contributed by atoms with E-state index in [4.69, 9.17) is 21.1 Å². The van der Waals surface area contributed by atoms with Crippen molar-refractivity contribution in [2.24, 2.45) is 5.10 Å². The van der Waals surface area contributed by atoms with E-state index in [1.807, 2.05) is 24.3 Å². The highest BCUT2D eigenvalue weighted by atomic mass is 79.9. The van der Waals surface area contributed by atoms with E-state index in [2.05, 4.69) is 26.5 Å². The average Bonchev–Trinajstić information content (AvgIpc) is 2.97. The number of hydrogen-bond acceptors (Lipinski definition) is 4. The van der Waals surface area contributed by atoms with Crippen LogP contribution in [-0.4, -0.2) is 18.9 Å². The van der Waals surface area contributed by atoms with Crippen molar-refractivity contribution in [1.82, 2.24) is 5.43 Å². The summed E-state index contributed by atoms with van der Waals surface area (Å²) in [5, 5.41) is 4.40. The molecule has 0 spiro atoms. The normalized spacial score (nSPS) is 12.6. The Balaban J connectivity index is 1.60. The van der Waals surface area contributed by atoms with Crippen molar-refractivity contribution in [3.8, 4) is 11.5 Å². The molecule has 1 aliphatic rings. The summed E-state index contributed by atoms with van der Waals surface area (Å²) >= 11 is 9.48. The molecule has 1 N–H and O–H groups in total. The minimum absolute atomic E-state index is 0.177. The van der Waals surface area contributed by atoms with Crippen molar-refractivity contribution in [3.05, 3.63) is 57.0 Å². The predicted molar refractivity (Wildman–Crippen MR) is 91.2 cm³/mol. The molecule has 1 aliphatic heterocycles. The number of amides is 1. The molecule has 1 heterocycles. The molecule has 7 heteroatoms. The Morgan fingerprint density at radius 1 is 1.26 bits per heavy atom. The van der Waals surface area contributed by atoms with E-state index in [0.29, 0.717) is 22.1 Å². The molecule has 0 fully saturated rings. The molecule has 0 aliphatic carbocycles. The Bertz CT molecular complexity index is 763. The van der Waals surface area contributed by atoms with Crippen molar-refractivity contribution in [3.63, 3.8) is 0 Å². The van der Waals surface area contributed by atoms with Gasteiger partial charge in [0, 0.05) is 16.1 Å². The molecule has 1 amide bonds. The zero-order valence-electron chi connectivity index (χ0n) is 11.9. The van der Waals surface area contributed by atoms with Crippen molar-refractivity contribution < 1.29 is 14.3 Å². The quantitative estimate of drug-likeness (QED) is 0.636. The van der Waals surface area contributed by atoms with Gasteiger partial charge in [-0.25, -0.2) is 5.43 Å². The number of ether oxygens (including phenoxy) is 2. The Morgan fingerprint density at radius 2 is 1.96 bits per heavy atom. The highest BCUT2D eigenvalue weighted by molar-refractivity contribution is 9.10. The molecule has 0 atom stereocenters. The van der Waals surface area contributed by atoms with E-state index >= 15 is 0 Å². The summed E-state index contributed by atoms with van der Waals surface area (Å²) in [6.07, 6.45) is 1.73. The van der Waals surface area contributed by atoms with Crippen molar-refractivity contribution >= 4 is 39.7 Å². The summed E-state index contributed by atoms with van der Waals surface area (Å²) in [6, 6.07) is 10.9. The smallest absolute Gasteiger partial charge is 0.244 e. The van der Waals surface area contributed by atoms with Gasteiger partial charge in [0.2, 0.25) is 12.7 Å². The Hall–Kier alpha value is -2.05. The van der Waals surface area contributed by atoms with Crippen LogP contribution in [0, 0.1) is 0 Å². The Kier molecular flexibility index (Phi) is 4.83. The minimum Gasteiger partial charge on any atom is -0.454 e. The molecule has 0 radical (unpaired) electrons. The molecule has 3 rings (SSSR count). The Morgan fingerprint density at radius 3 is 2.70 bits per heavy atom. The van der Waals surface area contributed by atoms with Gasteiger partial charge in [0.1, 0.15) is 0 Å². The number of hydrazone groups is 1. The highest BCUT2D eigenvalue weighted by Gasteiger charge is 2.15.